The van der Waals surface area contributed by atoms with E-state index in [0.717, 1.165) is 35.1 Å². The van der Waals surface area contributed by atoms with E-state index in [1.54, 1.807) is 12.3 Å². The van der Waals surface area contributed by atoms with Gasteiger partial charge in [-0.3, -0.25) is 4.98 Å². The summed E-state index contributed by atoms with van der Waals surface area (Å²) in [6.45, 7) is 1.94. The standard InChI is InChI=1S/C22H25N5O/c1-13-18-12-21(28)19(9-14(18)7-8-23-13)20-5-6-22(26-25-20)27(2)17-10-15-3-4-16(11-17)24-15/h5-9,12,15-17,24,28H,3-4,10-11H2,1-2H3/t15-,16?,17?/m1/s1. The number of phenolic OH excluding ortho intramolecular Hbond substituents is 1. The van der Waals surface area contributed by atoms with E-state index in [2.05, 4.69) is 32.4 Å². The maximum Gasteiger partial charge on any atom is 0.151 e. The van der Waals surface area contributed by atoms with E-state index in [4.69, 9.17) is 0 Å². The Bertz CT molecular complexity index is 1010. The Kier molecular flexibility index (Phi) is 4.16. The summed E-state index contributed by atoms with van der Waals surface area (Å²) in [6.07, 6.45) is 6.69. The number of hydrogen-bond donors (Lipinski definition) is 2. The minimum atomic E-state index is 0.203. The molecule has 0 amide bonds. The van der Waals surface area contributed by atoms with Crippen molar-refractivity contribution in [1.29, 1.82) is 0 Å². The molecular formula is C22H25N5O. The van der Waals surface area contributed by atoms with Crippen LogP contribution >= 0.6 is 0 Å². The van der Waals surface area contributed by atoms with Crippen molar-refractivity contribution >= 4 is 16.6 Å². The molecule has 0 spiro atoms. The van der Waals surface area contributed by atoms with Crippen LogP contribution in [0.1, 0.15) is 31.4 Å². The van der Waals surface area contributed by atoms with Crippen LogP contribution in [-0.2, 0) is 0 Å². The minimum Gasteiger partial charge on any atom is -0.507 e. The van der Waals surface area contributed by atoms with Gasteiger partial charge in [0.2, 0.25) is 0 Å². The molecule has 5 rings (SSSR count). The Morgan fingerprint density at radius 1 is 1.07 bits per heavy atom. The fourth-order valence-corrected chi connectivity index (χ4v) is 4.75. The Morgan fingerprint density at radius 2 is 1.86 bits per heavy atom. The van der Waals surface area contributed by atoms with Crippen LogP contribution in [0, 0.1) is 6.92 Å². The van der Waals surface area contributed by atoms with E-state index >= 15 is 0 Å². The maximum atomic E-state index is 10.5. The number of anilines is 1. The van der Waals surface area contributed by atoms with Gasteiger partial charge in [0, 0.05) is 48.0 Å². The van der Waals surface area contributed by atoms with Gasteiger partial charge in [-0.05, 0) is 68.3 Å². The van der Waals surface area contributed by atoms with Crippen LogP contribution in [0.25, 0.3) is 22.0 Å². The number of piperidine rings is 1. The van der Waals surface area contributed by atoms with Gasteiger partial charge < -0.3 is 15.3 Å². The summed E-state index contributed by atoms with van der Waals surface area (Å²) in [4.78, 5) is 6.55. The molecule has 0 radical (unpaired) electrons. The Hall–Kier alpha value is -2.73. The van der Waals surface area contributed by atoms with Crippen molar-refractivity contribution in [2.75, 3.05) is 11.9 Å². The zero-order chi connectivity index (χ0) is 19.3. The summed E-state index contributed by atoms with van der Waals surface area (Å²) in [5, 5.41) is 25.1. The van der Waals surface area contributed by atoms with E-state index in [-0.39, 0.29) is 5.75 Å². The first-order valence-electron chi connectivity index (χ1n) is 10.00. The second kappa shape index (κ2) is 6.71. The molecule has 2 aromatic heterocycles. The summed E-state index contributed by atoms with van der Waals surface area (Å²) >= 11 is 0. The van der Waals surface area contributed by atoms with Gasteiger partial charge in [-0.2, -0.15) is 0 Å². The molecule has 6 heteroatoms. The van der Waals surface area contributed by atoms with Crippen molar-refractivity contribution in [3.8, 4) is 17.0 Å². The second-order valence-electron chi connectivity index (χ2n) is 8.14. The number of aryl methyl sites for hydroxylation is 1. The molecule has 2 aliphatic heterocycles. The molecule has 0 saturated carbocycles. The van der Waals surface area contributed by atoms with Crippen molar-refractivity contribution in [2.45, 2.75) is 50.7 Å². The number of hydrogen-bond acceptors (Lipinski definition) is 6. The molecule has 144 valence electrons. The minimum absolute atomic E-state index is 0.203. The van der Waals surface area contributed by atoms with E-state index in [9.17, 15) is 5.11 Å². The predicted octanol–water partition coefficient (Wildman–Crippen LogP) is 3.43. The molecular weight excluding hydrogens is 350 g/mol. The number of pyridine rings is 1. The number of rotatable bonds is 3. The van der Waals surface area contributed by atoms with Crippen LogP contribution in [0.4, 0.5) is 5.82 Å². The Morgan fingerprint density at radius 3 is 2.57 bits per heavy atom. The lowest BCUT2D eigenvalue weighted by Gasteiger charge is -2.36. The number of aromatic nitrogens is 3. The highest BCUT2D eigenvalue weighted by atomic mass is 16.3. The van der Waals surface area contributed by atoms with Gasteiger partial charge >= 0.3 is 0 Å². The smallest absolute Gasteiger partial charge is 0.151 e. The first kappa shape index (κ1) is 17.4. The number of nitrogens with zero attached hydrogens (tertiary/aromatic N) is 4. The van der Waals surface area contributed by atoms with Gasteiger partial charge in [0.15, 0.2) is 5.82 Å². The Balaban J connectivity index is 1.42. The topological polar surface area (TPSA) is 74.2 Å². The van der Waals surface area contributed by atoms with Gasteiger partial charge in [-0.25, -0.2) is 0 Å². The van der Waals surface area contributed by atoms with Crippen LogP contribution in [0.3, 0.4) is 0 Å². The van der Waals surface area contributed by atoms with Crippen molar-refractivity contribution in [1.82, 2.24) is 20.5 Å². The summed E-state index contributed by atoms with van der Waals surface area (Å²) in [5.41, 5.74) is 2.27. The van der Waals surface area contributed by atoms with E-state index < -0.39 is 0 Å². The summed E-state index contributed by atoms with van der Waals surface area (Å²) in [7, 11) is 2.11. The van der Waals surface area contributed by atoms with Gasteiger partial charge in [0.1, 0.15) is 5.75 Å². The number of aromatic hydroxyl groups is 1. The largest absolute Gasteiger partial charge is 0.507 e. The van der Waals surface area contributed by atoms with Crippen molar-refractivity contribution in [2.24, 2.45) is 0 Å². The molecule has 3 aromatic rings. The van der Waals surface area contributed by atoms with Crippen LogP contribution < -0.4 is 10.2 Å². The van der Waals surface area contributed by atoms with E-state index in [1.165, 1.54) is 12.8 Å². The summed E-state index contributed by atoms with van der Waals surface area (Å²) in [5.74, 6) is 1.09. The highest BCUT2D eigenvalue weighted by Crippen LogP contribution is 2.34. The highest BCUT2D eigenvalue weighted by molar-refractivity contribution is 5.91. The predicted molar refractivity (Wildman–Crippen MR) is 111 cm³/mol. The third-order valence-corrected chi connectivity index (χ3v) is 6.36. The lowest BCUT2D eigenvalue weighted by atomic mass is 9.98. The second-order valence-corrected chi connectivity index (χ2v) is 8.14. The number of fused-ring (bicyclic) bond motifs is 3. The first-order valence-corrected chi connectivity index (χ1v) is 10.00. The summed E-state index contributed by atoms with van der Waals surface area (Å²) in [6, 6.07) is 11.4. The van der Waals surface area contributed by atoms with Crippen molar-refractivity contribution in [3.63, 3.8) is 0 Å². The normalized spacial score (nSPS) is 23.9. The fourth-order valence-electron chi connectivity index (χ4n) is 4.75. The molecule has 4 heterocycles. The lowest BCUT2D eigenvalue weighted by molar-refractivity contribution is 0.353. The van der Waals surface area contributed by atoms with Gasteiger partial charge in [0.05, 0.1) is 5.69 Å². The molecule has 2 bridgehead atoms. The lowest BCUT2D eigenvalue weighted by Crippen LogP contribution is -2.47. The molecule has 2 unspecified atom stereocenters. The molecule has 2 fully saturated rings. The van der Waals surface area contributed by atoms with E-state index in [0.29, 0.717) is 29.4 Å². The van der Waals surface area contributed by atoms with Gasteiger partial charge in [-0.1, -0.05) is 0 Å². The van der Waals surface area contributed by atoms with Crippen LogP contribution in [0.5, 0.6) is 5.75 Å². The van der Waals surface area contributed by atoms with Crippen LogP contribution in [0.2, 0.25) is 0 Å². The van der Waals surface area contributed by atoms with Crippen LogP contribution in [0.15, 0.2) is 36.5 Å². The number of benzene rings is 1. The maximum absolute atomic E-state index is 10.5. The molecule has 28 heavy (non-hydrogen) atoms. The molecule has 2 saturated heterocycles. The fraction of sp³-hybridized carbons (Fsp3) is 0.409. The summed E-state index contributed by atoms with van der Waals surface area (Å²) < 4.78 is 0. The molecule has 2 N–H and O–H groups in total. The zero-order valence-electron chi connectivity index (χ0n) is 16.3. The molecule has 3 atom stereocenters. The average molecular weight is 375 g/mol. The van der Waals surface area contributed by atoms with Gasteiger partial charge in [-0.15, -0.1) is 10.2 Å². The third-order valence-electron chi connectivity index (χ3n) is 6.36. The zero-order valence-corrected chi connectivity index (χ0v) is 16.3. The molecule has 2 aliphatic rings. The molecule has 6 nitrogen and oxygen atoms in total. The third kappa shape index (κ3) is 2.98. The average Bonchev–Trinajstić information content (AvgIpc) is 3.05. The van der Waals surface area contributed by atoms with E-state index in [1.807, 2.05) is 31.2 Å². The van der Waals surface area contributed by atoms with Gasteiger partial charge in [0.25, 0.3) is 0 Å². The van der Waals surface area contributed by atoms with Crippen molar-refractivity contribution < 1.29 is 5.11 Å². The van der Waals surface area contributed by atoms with Crippen molar-refractivity contribution in [3.05, 3.63) is 42.2 Å². The quantitative estimate of drug-likeness (QED) is 0.731. The number of phenols is 1. The highest BCUT2D eigenvalue weighted by Gasteiger charge is 2.35. The SMILES string of the molecule is Cc1nccc2cc(-c3ccc(N(C)C4CC5CC[C@H](C4)N5)nn3)c(O)cc12. The molecule has 0 aliphatic carbocycles. The first-order chi connectivity index (χ1) is 13.6. The molecule has 1 aromatic carbocycles. The number of nitrogens with one attached hydrogen (secondary N) is 1. The monoisotopic (exact) mass is 375 g/mol. The Labute approximate surface area is 164 Å². The van der Waals surface area contributed by atoms with Crippen LogP contribution in [-0.4, -0.2) is 45.5 Å².